The number of carbonyl (C=O) groups is 1. The predicted molar refractivity (Wildman–Crippen MR) is 67.5 cm³/mol. The number of hydrogen-bond acceptors (Lipinski definition) is 4. The van der Waals surface area contributed by atoms with Gasteiger partial charge in [-0.1, -0.05) is 37.3 Å². The van der Waals surface area contributed by atoms with Gasteiger partial charge in [0.2, 0.25) is 0 Å². The molecular formula is C14H20O4. The SMILES string of the molecule is CCC(C(=O)OOOC(C)(C)C)c1ccccc1. The van der Waals surface area contributed by atoms with Crippen LogP contribution in [-0.4, -0.2) is 11.6 Å². The van der Waals surface area contributed by atoms with Gasteiger partial charge < -0.3 is 0 Å². The zero-order valence-electron chi connectivity index (χ0n) is 11.3. The van der Waals surface area contributed by atoms with Crippen LogP contribution in [0.2, 0.25) is 0 Å². The first kappa shape index (κ1) is 14.7. The van der Waals surface area contributed by atoms with Gasteiger partial charge in [0.15, 0.2) is 0 Å². The van der Waals surface area contributed by atoms with E-state index in [1.54, 1.807) is 20.8 Å². The van der Waals surface area contributed by atoms with Crippen LogP contribution in [0.5, 0.6) is 0 Å². The highest BCUT2D eigenvalue weighted by atomic mass is 17.5. The summed E-state index contributed by atoms with van der Waals surface area (Å²) < 4.78 is 0. The Balaban J connectivity index is 2.54. The third-order valence-corrected chi connectivity index (χ3v) is 2.29. The average molecular weight is 252 g/mol. The van der Waals surface area contributed by atoms with Crippen molar-refractivity contribution in [2.75, 3.05) is 0 Å². The molecule has 0 N–H and O–H groups in total. The van der Waals surface area contributed by atoms with Gasteiger partial charge in [0.1, 0.15) is 0 Å². The van der Waals surface area contributed by atoms with E-state index in [1.807, 2.05) is 37.3 Å². The molecule has 0 radical (unpaired) electrons. The van der Waals surface area contributed by atoms with E-state index in [0.717, 1.165) is 5.56 Å². The first-order valence-electron chi connectivity index (χ1n) is 6.05. The Bertz CT molecular complexity index is 367. The Hall–Kier alpha value is -1.39. The van der Waals surface area contributed by atoms with Crippen LogP contribution in [0.4, 0.5) is 0 Å². The summed E-state index contributed by atoms with van der Waals surface area (Å²) >= 11 is 0. The van der Waals surface area contributed by atoms with Crippen molar-refractivity contribution in [2.24, 2.45) is 0 Å². The zero-order valence-corrected chi connectivity index (χ0v) is 11.3. The lowest BCUT2D eigenvalue weighted by Gasteiger charge is -2.17. The number of benzene rings is 1. The van der Waals surface area contributed by atoms with Crippen molar-refractivity contribution in [2.45, 2.75) is 45.6 Å². The largest absolute Gasteiger partial charge is 0.353 e. The molecule has 0 saturated carbocycles. The molecule has 0 heterocycles. The lowest BCUT2D eigenvalue weighted by Crippen LogP contribution is -2.22. The summed E-state index contributed by atoms with van der Waals surface area (Å²) in [5.41, 5.74) is 0.388. The van der Waals surface area contributed by atoms with E-state index in [1.165, 1.54) is 0 Å². The van der Waals surface area contributed by atoms with Crippen molar-refractivity contribution in [3.8, 4) is 0 Å². The van der Waals surface area contributed by atoms with Crippen molar-refractivity contribution < 1.29 is 19.6 Å². The number of hydrogen-bond donors (Lipinski definition) is 0. The molecular weight excluding hydrogens is 232 g/mol. The van der Waals surface area contributed by atoms with E-state index < -0.39 is 11.6 Å². The van der Waals surface area contributed by atoms with Crippen molar-refractivity contribution in [1.82, 2.24) is 0 Å². The third-order valence-electron chi connectivity index (χ3n) is 2.29. The summed E-state index contributed by atoms with van der Waals surface area (Å²) in [4.78, 5) is 21.4. The minimum Gasteiger partial charge on any atom is -0.268 e. The maximum Gasteiger partial charge on any atom is 0.353 e. The number of rotatable bonds is 5. The first-order chi connectivity index (χ1) is 8.44. The molecule has 1 atom stereocenters. The summed E-state index contributed by atoms with van der Waals surface area (Å²) in [6, 6.07) is 9.45. The lowest BCUT2D eigenvalue weighted by molar-refractivity contribution is -0.514. The van der Waals surface area contributed by atoms with Gasteiger partial charge in [0, 0.05) is 0 Å². The Morgan fingerprint density at radius 1 is 1.22 bits per heavy atom. The first-order valence-corrected chi connectivity index (χ1v) is 6.05. The summed E-state index contributed by atoms with van der Waals surface area (Å²) in [5.74, 6) is -0.789. The lowest BCUT2D eigenvalue weighted by atomic mass is 9.97. The molecule has 0 saturated heterocycles. The van der Waals surface area contributed by atoms with Gasteiger partial charge in [0.25, 0.3) is 0 Å². The highest BCUT2D eigenvalue weighted by molar-refractivity contribution is 5.77. The van der Waals surface area contributed by atoms with Crippen LogP contribution in [0.3, 0.4) is 0 Å². The Morgan fingerprint density at radius 3 is 2.33 bits per heavy atom. The minimum atomic E-state index is -0.519. The van der Waals surface area contributed by atoms with Crippen molar-refractivity contribution in [3.63, 3.8) is 0 Å². The van der Waals surface area contributed by atoms with E-state index in [2.05, 4.69) is 9.93 Å². The molecule has 0 fully saturated rings. The van der Waals surface area contributed by atoms with Crippen LogP contribution in [0.15, 0.2) is 30.3 Å². The molecule has 1 aromatic rings. The van der Waals surface area contributed by atoms with Crippen LogP contribution >= 0.6 is 0 Å². The molecule has 100 valence electrons. The van der Waals surface area contributed by atoms with Crippen molar-refractivity contribution in [1.29, 1.82) is 0 Å². The standard InChI is InChI=1S/C14H20O4/c1-5-12(11-9-7-6-8-10-11)13(15)16-18-17-14(2,3)4/h6-10,12H,5H2,1-4H3. The normalized spacial score (nSPS) is 13.1. The van der Waals surface area contributed by atoms with Gasteiger partial charge in [-0.05, 0) is 37.8 Å². The molecule has 1 unspecified atom stereocenters. The molecule has 1 aromatic carbocycles. The third kappa shape index (κ3) is 4.85. The molecule has 4 nitrogen and oxygen atoms in total. The Labute approximate surface area is 108 Å². The number of carbonyl (C=O) groups excluding carboxylic acids is 1. The molecule has 0 amide bonds. The highest BCUT2D eigenvalue weighted by Gasteiger charge is 2.22. The van der Waals surface area contributed by atoms with E-state index in [9.17, 15) is 4.79 Å². The Kier molecular flexibility index (Phi) is 5.31. The molecule has 0 bridgehead atoms. The molecule has 1 rings (SSSR count). The molecule has 0 aromatic heterocycles. The second-order valence-corrected chi connectivity index (χ2v) is 5.04. The second kappa shape index (κ2) is 6.52. The van der Waals surface area contributed by atoms with Crippen LogP contribution in [0.1, 0.15) is 45.6 Å². The summed E-state index contributed by atoms with van der Waals surface area (Å²) in [7, 11) is 0. The van der Waals surface area contributed by atoms with Crippen molar-refractivity contribution >= 4 is 5.97 Å². The highest BCUT2D eigenvalue weighted by Crippen LogP contribution is 2.21. The van der Waals surface area contributed by atoms with Crippen LogP contribution in [0, 0.1) is 0 Å². The molecule has 0 aliphatic heterocycles. The van der Waals surface area contributed by atoms with E-state index in [0.29, 0.717) is 6.42 Å². The zero-order chi connectivity index (χ0) is 13.6. The van der Waals surface area contributed by atoms with Gasteiger partial charge in [-0.25, -0.2) is 4.79 Å². The van der Waals surface area contributed by atoms with Gasteiger partial charge in [-0.15, -0.1) is 0 Å². The molecule has 0 spiro atoms. The molecule has 0 aliphatic rings. The van der Waals surface area contributed by atoms with Crippen LogP contribution in [-0.2, 0) is 19.6 Å². The van der Waals surface area contributed by atoms with Crippen LogP contribution in [0.25, 0.3) is 0 Å². The minimum absolute atomic E-state index is 0.338. The molecule has 4 heteroatoms. The average Bonchev–Trinajstić information content (AvgIpc) is 2.29. The maximum absolute atomic E-state index is 11.8. The van der Waals surface area contributed by atoms with Crippen LogP contribution < -0.4 is 0 Å². The summed E-state index contributed by atoms with van der Waals surface area (Å²) in [5, 5.41) is 4.51. The smallest absolute Gasteiger partial charge is 0.268 e. The summed E-state index contributed by atoms with van der Waals surface area (Å²) in [6.07, 6.45) is 0.641. The predicted octanol–water partition coefficient (Wildman–Crippen LogP) is 3.39. The molecule has 18 heavy (non-hydrogen) atoms. The fourth-order valence-electron chi connectivity index (χ4n) is 1.43. The second-order valence-electron chi connectivity index (χ2n) is 5.04. The quantitative estimate of drug-likeness (QED) is 0.595. The van der Waals surface area contributed by atoms with E-state index in [4.69, 9.17) is 4.89 Å². The fourth-order valence-corrected chi connectivity index (χ4v) is 1.43. The van der Waals surface area contributed by atoms with E-state index in [-0.39, 0.29) is 5.92 Å². The molecule has 0 aliphatic carbocycles. The fraction of sp³-hybridized carbons (Fsp3) is 0.500. The van der Waals surface area contributed by atoms with Gasteiger partial charge in [-0.2, -0.15) is 4.89 Å². The van der Waals surface area contributed by atoms with Crippen molar-refractivity contribution in [3.05, 3.63) is 35.9 Å². The van der Waals surface area contributed by atoms with E-state index >= 15 is 0 Å². The van der Waals surface area contributed by atoms with Gasteiger partial charge in [-0.3, -0.25) is 4.89 Å². The monoisotopic (exact) mass is 252 g/mol. The van der Waals surface area contributed by atoms with Gasteiger partial charge in [0.05, 0.1) is 11.5 Å². The maximum atomic E-state index is 11.8. The Morgan fingerprint density at radius 2 is 1.83 bits per heavy atom. The topological polar surface area (TPSA) is 44.8 Å². The van der Waals surface area contributed by atoms with Gasteiger partial charge >= 0.3 is 5.97 Å². The summed E-state index contributed by atoms with van der Waals surface area (Å²) in [6.45, 7) is 7.32.